The van der Waals surface area contributed by atoms with Crippen LogP contribution in [0, 0.1) is 0 Å². The highest BCUT2D eigenvalue weighted by Crippen LogP contribution is 2.31. The fourth-order valence-electron chi connectivity index (χ4n) is 3.36. The summed E-state index contributed by atoms with van der Waals surface area (Å²) in [6.07, 6.45) is -4.59. The molecule has 1 N–H and O–H groups in total. The number of ether oxygens (including phenoxy) is 1. The highest BCUT2D eigenvalue weighted by Gasteiger charge is 2.35. The van der Waals surface area contributed by atoms with Gasteiger partial charge in [-0.05, 0) is 29.3 Å². The van der Waals surface area contributed by atoms with Crippen LogP contribution in [0.2, 0.25) is 0 Å². The summed E-state index contributed by atoms with van der Waals surface area (Å²) in [5.41, 5.74) is 0.336. The molecule has 0 spiro atoms. The zero-order valence-electron chi connectivity index (χ0n) is 16.6. The number of rotatable bonds is 6. The van der Waals surface area contributed by atoms with Crippen molar-refractivity contribution < 1.29 is 27.5 Å². The summed E-state index contributed by atoms with van der Waals surface area (Å²) in [4.78, 5) is 25.5. The van der Waals surface area contributed by atoms with Crippen molar-refractivity contribution in [2.45, 2.75) is 18.1 Å². The highest BCUT2D eigenvalue weighted by atomic mass is 19.4. The summed E-state index contributed by atoms with van der Waals surface area (Å²) in [6, 6.07) is 21.0. The van der Waals surface area contributed by atoms with Crippen LogP contribution in [0.5, 0.6) is 0 Å². The molecular formula is C24H20F3NO3. The van der Waals surface area contributed by atoms with Crippen molar-refractivity contribution in [2.75, 3.05) is 7.11 Å². The molecule has 0 heterocycles. The molecule has 0 aliphatic heterocycles. The SMILES string of the molecule is COC(=O)[C@H](NC(=O)c1cccc(C(F)(F)F)c1)C(c1ccccc1)c1ccccc1. The van der Waals surface area contributed by atoms with E-state index in [0.29, 0.717) is 0 Å². The minimum Gasteiger partial charge on any atom is -0.467 e. The molecule has 7 heteroatoms. The van der Waals surface area contributed by atoms with Gasteiger partial charge in [0.2, 0.25) is 0 Å². The van der Waals surface area contributed by atoms with Gasteiger partial charge in [0, 0.05) is 11.5 Å². The van der Waals surface area contributed by atoms with E-state index >= 15 is 0 Å². The number of carbonyl (C=O) groups is 2. The van der Waals surface area contributed by atoms with Crippen LogP contribution in [0.25, 0.3) is 0 Å². The van der Waals surface area contributed by atoms with E-state index in [1.807, 2.05) is 36.4 Å². The quantitative estimate of drug-likeness (QED) is 0.575. The third kappa shape index (κ3) is 5.31. The van der Waals surface area contributed by atoms with Gasteiger partial charge in [0.1, 0.15) is 6.04 Å². The second kappa shape index (κ2) is 9.47. The molecule has 0 radical (unpaired) electrons. The molecule has 0 aliphatic rings. The van der Waals surface area contributed by atoms with E-state index in [1.165, 1.54) is 13.2 Å². The molecule has 0 unspecified atom stereocenters. The summed E-state index contributed by atoms with van der Waals surface area (Å²) in [5.74, 6) is -2.12. The highest BCUT2D eigenvalue weighted by molar-refractivity contribution is 5.97. The average Bonchev–Trinajstić information content (AvgIpc) is 2.79. The molecule has 4 nitrogen and oxygen atoms in total. The normalized spacial score (nSPS) is 12.3. The second-order valence-corrected chi connectivity index (χ2v) is 6.85. The summed E-state index contributed by atoms with van der Waals surface area (Å²) in [7, 11) is 1.19. The summed E-state index contributed by atoms with van der Waals surface area (Å²) in [5, 5.41) is 2.58. The third-order valence-electron chi connectivity index (χ3n) is 4.84. The zero-order chi connectivity index (χ0) is 22.4. The van der Waals surface area contributed by atoms with Gasteiger partial charge in [-0.2, -0.15) is 13.2 Å². The minimum absolute atomic E-state index is 0.205. The van der Waals surface area contributed by atoms with E-state index in [9.17, 15) is 22.8 Å². The molecule has 3 rings (SSSR count). The monoisotopic (exact) mass is 427 g/mol. The van der Waals surface area contributed by atoms with Gasteiger partial charge in [0.25, 0.3) is 5.91 Å². The molecule has 0 bridgehead atoms. The molecule has 0 fully saturated rings. The largest absolute Gasteiger partial charge is 0.467 e. The van der Waals surface area contributed by atoms with E-state index in [-0.39, 0.29) is 5.56 Å². The van der Waals surface area contributed by atoms with Crippen LogP contribution in [-0.2, 0) is 15.7 Å². The van der Waals surface area contributed by atoms with E-state index < -0.39 is 35.6 Å². The van der Waals surface area contributed by atoms with Crippen LogP contribution in [0.4, 0.5) is 13.2 Å². The van der Waals surface area contributed by atoms with E-state index in [2.05, 4.69) is 5.32 Å². The molecule has 31 heavy (non-hydrogen) atoms. The lowest BCUT2D eigenvalue weighted by molar-refractivity contribution is -0.143. The number of hydrogen-bond acceptors (Lipinski definition) is 3. The van der Waals surface area contributed by atoms with Gasteiger partial charge in [0.15, 0.2) is 0 Å². The first-order valence-corrected chi connectivity index (χ1v) is 9.47. The predicted molar refractivity (Wildman–Crippen MR) is 109 cm³/mol. The Morgan fingerprint density at radius 3 is 1.87 bits per heavy atom. The van der Waals surface area contributed by atoms with Crippen LogP contribution < -0.4 is 5.32 Å². The van der Waals surface area contributed by atoms with Crippen molar-refractivity contribution in [2.24, 2.45) is 0 Å². The number of amides is 1. The molecule has 0 saturated carbocycles. The predicted octanol–water partition coefficient (Wildman–Crippen LogP) is 4.81. The van der Waals surface area contributed by atoms with Gasteiger partial charge >= 0.3 is 12.1 Å². The van der Waals surface area contributed by atoms with E-state index in [1.54, 1.807) is 24.3 Å². The van der Waals surface area contributed by atoms with Gasteiger partial charge in [-0.15, -0.1) is 0 Å². The number of hydrogen-bond donors (Lipinski definition) is 1. The zero-order valence-corrected chi connectivity index (χ0v) is 16.6. The average molecular weight is 427 g/mol. The lowest BCUT2D eigenvalue weighted by Crippen LogP contribution is -2.46. The number of nitrogens with one attached hydrogen (secondary N) is 1. The molecule has 0 aliphatic carbocycles. The van der Waals surface area contributed by atoms with Crippen molar-refractivity contribution in [1.29, 1.82) is 0 Å². The number of carbonyl (C=O) groups excluding carboxylic acids is 2. The first-order chi connectivity index (χ1) is 14.8. The fraction of sp³-hybridized carbons (Fsp3) is 0.167. The van der Waals surface area contributed by atoms with Gasteiger partial charge in [-0.3, -0.25) is 4.79 Å². The summed E-state index contributed by atoms with van der Waals surface area (Å²) >= 11 is 0. The maximum atomic E-state index is 13.0. The molecular weight excluding hydrogens is 407 g/mol. The molecule has 0 saturated heterocycles. The molecule has 160 valence electrons. The Hall–Kier alpha value is -3.61. The third-order valence-corrected chi connectivity index (χ3v) is 4.84. The van der Waals surface area contributed by atoms with Crippen LogP contribution in [0.15, 0.2) is 84.9 Å². The van der Waals surface area contributed by atoms with Crippen LogP contribution in [0.1, 0.15) is 33.0 Å². The Labute approximate surface area is 177 Å². The van der Waals surface area contributed by atoms with Gasteiger partial charge < -0.3 is 10.1 Å². The maximum absolute atomic E-state index is 13.0. The maximum Gasteiger partial charge on any atom is 0.416 e. The Kier molecular flexibility index (Phi) is 6.74. The second-order valence-electron chi connectivity index (χ2n) is 6.85. The lowest BCUT2D eigenvalue weighted by atomic mass is 9.84. The summed E-state index contributed by atoms with van der Waals surface area (Å²) in [6.45, 7) is 0. The topological polar surface area (TPSA) is 55.4 Å². The molecule has 1 amide bonds. The molecule has 0 aromatic heterocycles. The number of halogens is 3. The number of methoxy groups -OCH3 is 1. The lowest BCUT2D eigenvalue weighted by Gasteiger charge is -2.27. The van der Waals surface area contributed by atoms with Crippen molar-refractivity contribution in [3.05, 3.63) is 107 Å². The minimum atomic E-state index is -4.59. The van der Waals surface area contributed by atoms with Crippen LogP contribution in [-0.4, -0.2) is 25.0 Å². The molecule has 3 aromatic carbocycles. The van der Waals surface area contributed by atoms with Gasteiger partial charge in [0.05, 0.1) is 12.7 Å². The smallest absolute Gasteiger partial charge is 0.416 e. The van der Waals surface area contributed by atoms with Crippen molar-refractivity contribution >= 4 is 11.9 Å². The first kappa shape index (κ1) is 22.1. The molecule has 1 atom stereocenters. The standard InChI is InChI=1S/C24H20F3NO3/c1-31-23(30)21(28-22(29)18-13-8-14-19(15-18)24(25,26)27)20(16-9-4-2-5-10-16)17-11-6-3-7-12-17/h2-15,20-21H,1H3,(H,28,29)/t21-/m1/s1. The van der Waals surface area contributed by atoms with Crippen LogP contribution in [0.3, 0.4) is 0 Å². The summed E-state index contributed by atoms with van der Waals surface area (Å²) < 4.78 is 44.0. The fourth-order valence-corrected chi connectivity index (χ4v) is 3.36. The van der Waals surface area contributed by atoms with Gasteiger partial charge in [-0.1, -0.05) is 66.7 Å². The Morgan fingerprint density at radius 1 is 0.839 bits per heavy atom. The Morgan fingerprint density at radius 2 is 1.39 bits per heavy atom. The number of alkyl halides is 3. The van der Waals surface area contributed by atoms with Crippen molar-refractivity contribution in [3.63, 3.8) is 0 Å². The first-order valence-electron chi connectivity index (χ1n) is 9.47. The van der Waals surface area contributed by atoms with E-state index in [0.717, 1.165) is 29.3 Å². The molecule has 3 aromatic rings. The van der Waals surface area contributed by atoms with Crippen LogP contribution >= 0.6 is 0 Å². The van der Waals surface area contributed by atoms with Gasteiger partial charge in [-0.25, -0.2) is 4.79 Å². The number of benzene rings is 3. The Bertz CT molecular complexity index is 997. The van der Waals surface area contributed by atoms with Crippen molar-refractivity contribution in [3.8, 4) is 0 Å². The number of esters is 1. The van der Waals surface area contributed by atoms with E-state index in [4.69, 9.17) is 4.74 Å². The van der Waals surface area contributed by atoms with Crippen molar-refractivity contribution in [1.82, 2.24) is 5.32 Å². The Balaban J connectivity index is 2.00.